The van der Waals surface area contributed by atoms with E-state index in [2.05, 4.69) is 10.3 Å². The molecule has 2 saturated carbocycles. The molecule has 1 unspecified atom stereocenters. The Morgan fingerprint density at radius 2 is 2.00 bits per heavy atom. The van der Waals surface area contributed by atoms with E-state index in [-0.39, 0.29) is 23.4 Å². The third-order valence-corrected chi connectivity index (χ3v) is 6.73. The second-order valence-corrected chi connectivity index (χ2v) is 8.38. The van der Waals surface area contributed by atoms with Gasteiger partial charge < -0.3 is 26.1 Å². The minimum Gasteiger partial charge on any atom is -0.447 e. The number of nitrogen functional groups attached to an aromatic ring is 2. The number of aromatic nitrogens is 1. The highest BCUT2D eigenvalue weighted by molar-refractivity contribution is 6.02. The molecular formula is C21H25N5O3. The van der Waals surface area contributed by atoms with Gasteiger partial charge in [0.05, 0.1) is 28.5 Å². The highest BCUT2D eigenvalue weighted by Gasteiger charge is 2.55. The zero-order valence-electron chi connectivity index (χ0n) is 16.2. The summed E-state index contributed by atoms with van der Waals surface area (Å²) >= 11 is 0. The molecule has 2 aliphatic carbocycles. The van der Waals surface area contributed by atoms with Crippen LogP contribution in [0.1, 0.15) is 71.0 Å². The van der Waals surface area contributed by atoms with Crippen LogP contribution in [0.2, 0.25) is 0 Å². The topological polar surface area (TPSA) is 127 Å². The number of anilines is 2. The van der Waals surface area contributed by atoms with E-state index in [0.717, 1.165) is 32.1 Å². The molecule has 29 heavy (non-hydrogen) atoms. The highest BCUT2D eigenvalue weighted by atomic mass is 16.3. The molecule has 2 aromatic rings. The normalized spacial score (nSPS) is 22.5. The van der Waals surface area contributed by atoms with Crippen molar-refractivity contribution < 1.29 is 14.0 Å². The van der Waals surface area contributed by atoms with Gasteiger partial charge in [-0.3, -0.25) is 9.59 Å². The van der Waals surface area contributed by atoms with Crippen LogP contribution in [-0.2, 0) is 0 Å². The Labute approximate surface area is 168 Å². The molecule has 0 bridgehead atoms. The van der Waals surface area contributed by atoms with Crippen molar-refractivity contribution in [2.24, 2.45) is 0 Å². The number of amides is 2. The SMILES string of the molecule is Nc1cccc(C(=O)N2CCC(NC(=O)c3ncoc3C3CC3)C23CCC3)c1N. The first-order valence-corrected chi connectivity index (χ1v) is 10.2. The van der Waals surface area contributed by atoms with Gasteiger partial charge in [0.1, 0.15) is 5.76 Å². The largest absolute Gasteiger partial charge is 0.447 e. The second kappa shape index (κ2) is 6.50. The second-order valence-electron chi connectivity index (χ2n) is 8.38. The van der Waals surface area contributed by atoms with E-state index < -0.39 is 0 Å². The fraction of sp³-hybridized carbons (Fsp3) is 0.476. The van der Waals surface area contributed by atoms with E-state index in [0.29, 0.717) is 47.3 Å². The summed E-state index contributed by atoms with van der Waals surface area (Å²) in [5.41, 5.74) is 13.1. The average Bonchev–Trinajstić information content (AvgIpc) is 3.26. The van der Waals surface area contributed by atoms with Gasteiger partial charge in [0.25, 0.3) is 11.8 Å². The maximum Gasteiger partial charge on any atom is 0.273 e. The van der Waals surface area contributed by atoms with Crippen molar-refractivity contribution in [3.05, 3.63) is 41.6 Å². The lowest BCUT2D eigenvalue weighted by molar-refractivity contribution is 0.0260. The van der Waals surface area contributed by atoms with Crippen molar-refractivity contribution in [1.82, 2.24) is 15.2 Å². The quantitative estimate of drug-likeness (QED) is 0.682. The maximum absolute atomic E-state index is 13.3. The molecule has 1 aromatic heterocycles. The van der Waals surface area contributed by atoms with Gasteiger partial charge in [-0.2, -0.15) is 0 Å². The van der Waals surface area contributed by atoms with E-state index in [4.69, 9.17) is 15.9 Å². The molecular weight excluding hydrogens is 370 g/mol. The zero-order valence-corrected chi connectivity index (χ0v) is 16.2. The number of oxazole rings is 1. The molecule has 2 heterocycles. The monoisotopic (exact) mass is 395 g/mol. The molecule has 1 aromatic carbocycles. The number of nitrogens with one attached hydrogen (secondary N) is 1. The lowest BCUT2D eigenvalue weighted by Gasteiger charge is -2.49. The summed E-state index contributed by atoms with van der Waals surface area (Å²) in [6.07, 6.45) is 6.87. The molecule has 152 valence electrons. The third kappa shape index (κ3) is 2.77. The number of carbonyl (C=O) groups is 2. The molecule has 3 aliphatic rings. The Hall–Kier alpha value is -3.03. The molecule has 8 heteroatoms. The summed E-state index contributed by atoms with van der Waals surface area (Å²) in [6.45, 7) is 0.576. The first-order chi connectivity index (χ1) is 14.0. The van der Waals surface area contributed by atoms with Crippen molar-refractivity contribution >= 4 is 23.2 Å². The summed E-state index contributed by atoms with van der Waals surface area (Å²) < 4.78 is 5.45. The number of carbonyl (C=O) groups excluding carboxylic acids is 2. The lowest BCUT2D eigenvalue weighted by atomic mass is 9.71. The Morgan fingerprint density at radius 1 is 1.21 bits per heavy atom. The molecule has 1 saturated heterocycles. The highest BCUT2D eigenvalue weighted by Crippen LogP contribution is 2.47. The number of likely N-dealkylation sites (tertiary alicyclic amines) is 1. The fourth-order valence-electron chi connectivity index (χ4n) is 4.81. The number of nitrogens with two attached hydrogens (primary N) is 2. The van der Waals surface area contributed by atoms with Crippen molar-refractivity contribution in [1.29, 1.82) is 0 Å². The van der Waals surface area contributed by atoms with E-state index >= 15 is 0 Å². The van der Waals surface area contributed by atoms with Crippen molar-refractivity contribution in [3.8, 4) is 0 Å². The zero-order chi connectivity index (χ0) is 20.2. The van der Waals surface area contributed by atoms with Gasteiger partial charge in [0.2, 0.25) is 0 Å². The number of benzene rings is 1. The van der Waals surface area contributed by atoms with E-state index in [1.54, 1.807) is 18.2 Å². The van der Waals surface area contributed by atoms with Crippen LogP contribution >= 0.6 is 0 Å². The van der Waals surface area contributed by atoms with Gasteiger partial charge in [-0.15, -0.1) is 0 Å². The number of hydrogen-bond donors (Lipinski definition) is 3. The third-order valence-electron chi connectivity index (χ3n) is 6.73. The molecule has 5 N–H and O–H groups in total. The van der Waals surface area contributed by atoms with Gasteiger partial charge in [-0.1, -0.05) is 6.07 Å². The van der Waals surface area contributed by atoms with Crippen LogP contribution in [-0.4, -0.2) is 39.8 Å². The Kier molecular flexibility index (Phi) is 4.04. The number of hydrogen-bond acceptors (Lipinski definition) is 6. The van der Waals surface area contributed by atoms with Crippen LogP contribution in [0.4, 0.5) is 11.4 Å². The van der Waals surface area contributed by atoms with E-state index in [1.807, 2.05) is 4.90 Å². The predicted molar refractivity (Wildman–Crippen MR) is 107 cm³/mol. The Bertz CT molecular complexity index is 976. The molecule has 3 fully saturated rings. The Balaban J connectivity index is 1.37. The average molecular weight is 395 g/mol. The van der Waals surface area contributed by atoms with Crippen LogP contribution < -0.4 is 16.8 Å². The van der Waals surface area contributed by atoms with Gasteiger partial charge in [-0.25, -0.2) is 4.98 Å². The number of para-hydroxylation sites is 1. The minimum atomic E-state index is -0.368. The number of nitrogens with zero attached hydrogens (tertiary/aromatic N) is 2. The van der Waals surface area contributed by atoms with Crippen molar-refractivity contribution in [2.75, 3.05) is 18.0 Å². The predicted octanol–water partition coefficient (Wildman–Crippen LogP) is 2.28. The Morgan fingerprint density at radius 3 is 2.69 bits per heavy atom. The van der Waals surface area contributed by atoms with E-state index in [1.165, 1.54) is 6.39 Å². The minimum absolute atomic E-state index is 0.112. The number of rotatable bonds is 4. The summed E-state index contributed by atoms with van der Waals surface area (Å²) in [5, 5.41) is 3.15. The van der Waals surface area contributed by atoms with Crippen LogP contribution in [0.3, 0.4) is 0 Å². The summed E-state index contributed by atoms with van der Waals surface area (Å²) in [4.78, 5) is 32.2. The van der Waals surface area contributed by atoms with E-state index in [9.17, 15) is 9.59 Å². The summed E-state index contributed by atoms with van der Waals surface area (Å²) in [7, 11) is 0. The lowest BCUT2D eigenvalue weighted by Crippen LogP contribution is -2.62. The molecule has 1 aliphatic heterocycles. The van der Waals surface area contributed by atoms with Crippen LogP contribution in [0.25, 0.3) is 0 Å². The van der Waals surface area contributed by atoms with Gasteiger partial charge in [0.15, 0.2) is 12.1 Å². The summed E-state index contributed by atoms with van der Waals surface area (Å²) in [5.74, 6) is 0.661. The summed E-state index contributed by atoms with van der Waals surface area (Å²) in [6, 6.07) is 5.03. The van der Waals surface area contributed by atoms with Gasteiger partial charge in [0, 0.05) is 12.5 Å². The van der Waals surface area contributed by atoms with Crippen LogP contribution in [0.5, 0.6) is 0 Å². The standard InChI is InChI=1S/C21H25N5O3/c22-14-4-1-3-13(16(14)23)20(28)26-10-7-15(21(26)8-2-9-21)25-19(27)17-18(12-5-6-12)29-11-24-17/h1,3-4,11-12,15H,2,5-10,22-23H2,(H,25,27). The van der Waals surface area contributed by atoms with Crippen LogP contribution in [0.15, 0.2) is 29.0 Å². The molecule has 2 amide bonds. The molecule has 1 spiro atoms. The molecule has 5 rings (SSSR count). The van der Waals surface area contributed by atoms with Crippen LogP contribution in [0, 0.1) is 0 Å². The first-order valence-electron chi connectivity index (χ1n) is 10.2. The molecule has 1 atom stereocenters. The smallest absolute Gasteiger partial charge is 0.273 e. The van der Waals surface area contributed by atoms with Crippen molar-refractivity contribution in [2.45, 2.75) is 56.0 Å². The molecule has 8 nitrogen and oxygen atoms in total. The van der Waals surface area contributed by atoms with Gasteiger partial charge >= 0.3 is 0 Å². The maximum atomic E-state index is 13.3. The first kappa shape index (κ1) is 18.0. The molecule has 0 radical (unpaired) electrons. The van der Waals surface area contributed by atoms with Gasteiger partial charge in [-0.05, 0) is 50.7 Å². The fourth-order valence-corrected chi connectivity index (χ4v) is 4.81. The van der Waals surface area contributed by atoms with Crippen molar-refractivity contribution in [3.63, 3.8) is 0 Å².